The van der Waals surface area contributed by atoms with Crippen molar-refractivity contribution in [2.24, 2.45) is 10.7 Å². The second kappa shape index (κ2) is 6.98. The van der Waals surface area contributed by atoms with Crippen molar-refractivity contribution in [1.29, 1.82) is 0 Å². The third-order valence-electron chi connectivity index (χ3n) is 3.04. The van der Waals surface area contributed by atoms with Gasteiger partial charge in [-0.1, -0.05) is 29.8 Å². The van der Waals surface area contributed by atoms with Crippen LogP contribution in [0.4, 0.5) is 0 Å². The maximum absolute atomic E-state index is 9.17. The predicted octanol–water partition coefficient (Wildman–Crippen LogP) is 2.62. The number of thioether (sulfide) groups is 1. The molecule has 0 spiro atoms. The number of aliphatic imine (C=N–C) groups is 1. The van der Waals surface area contributed by atoms with Crippen LogP contribution in [0.15, 0.2) is 40.5 Å². The van der Waals surface area contributed by atoms with E-state index in [0.717, 1.165) is 39.8 Å². The fourth-order valence-electron chi connectivity index (χ4n) is 1.96. The summed E-state index contributed by atoms with van der Waals surface area (Å²) in [5.74, 6) is 1.88. The van der Waals surface area contributed by atoms with E-state index in [2.05, 4.69) is 4.99 Å². The Balaban J connectivity index is 2.19. The number of halogens is 1. The van der Waals surface area contributed by atoms with Crippen molar-refractivity contribution in [1.82, 2.24) is 0 Å². The summed E-state index contributed by atoms with van der Waals surface area (Å²) in [6.45, 7) is 0.447. The van der Waals surface area contributed by atoms with Gasteiger partial charge in [-0.15, -0.1) is 0 Å². The van der Waals surface area contributed by atoms with Crippen LogP contribution in [0.2, 0.25) is 5.02 Å². The summed E-state index contributed by atoms with van der Waals surface area (Å²) < 4.78 is 0. The van der Waals surface area contributed by atoms with Crippen molar-refractivity contribution >= 4 is 29.1 Å². The van der Waals surface area contributed by atoms with E-state index in [1.807, 2.05) is 36.0 Å². The van der Waals surface area contributed by atoms with Crippen LogP contribution in [-0.2, 0) is 6.54 Å². The molecule has 1 aliphatic rings. The molecule has 1 aromatic rings. The first-order chi connectivity index (χ1) is 9.22. The number of allylic oxidation sites excluding steroid dienone is 1. The lowest BCUT2D eigenvalue weighted by Gasteiger charge is -2.19. The third kappa shape index (κ3) is 3.75. The van der Waals surface area contributed by atoms with Crippen LogP contribution < -0.4 is 5.73 Å². The first kappa shape index (κ1) is 14.4. The van der Waals surface area contributed by atoms with Crippen LogP contribution in [0.3, 0.4) is 0 Å². The quantitative estimate of drug-likeness (QED) is 0.901. The zero-order chi connectivity index (χ0) is 13.7. The van der Waals surface area contributed by atoms with Gasteiger partial charge in [0.2, 0.25) is 0 Å². The summed E-state index contributed by atoms with van der Waals surface area (Å²) in [7, 11) is 0. The van der Waals surface area contributed by atoms with Crippen molar-refractivity contribution in [2.75, 3.05) is 18.1 Å². The van der Waals surface area contributed by atoms with Crippen molar-refractivity contribution in [3.8, 4) is 0 Å². The average molecular weight is 297 g/mol. The van der Waals surface area contributed by atoms with Gasteiger partial charge in [-0.25, -0.2) is 0 Å². The Kier molecular flexibility index (Phi) is 5.31. The molecule has 0 saturated carbocycles. The van der Waals surface area contributed by atoms with Crippen molar-refractivity contribution in [2.45, 2.75) is 13.0 Å². The summed E-state index contributed by atoms with van der Waals surface area (Å²) in [4.78, 5) is 4.63. The predicted molar refractivity (Wildman–Crippen MR) is 82.8 cm³/mol. The number of benzene rings is 1. The fraction of sp³-hybridized carbons (Fsp3) is 0.357. The molecule has 1 saturated heterocycles. The molecule has 0 aromatic heterocycles. The second-order valence-electron chi connectivity index (χ2n) is 4.32. The Morgan fingerprint density at radius 1 is 1.42 bits per heavy atom. The highest BCUT2D eigenvalue weighted by Gasteiger charge is 2.16. The van der Waals surface area contributed by atoms with Gasteiger partial charge >= 0.3 is 0 Å². The Morgan fingerprint density at radius 2 is 2.21 bits per heavy atom. The molecule has 102 valence electrons. The number of hydrogen-bond donors (Lipinski definition) is 2. The van der Waals surface area contributed by atoms with Crippen LogP contribution in [0, 0.1) is 0 Å². The highest BCUT2D eigenvalue weighted by molar-refractivity contribution is 8.00. The molecule has 0 amide bonds. The van der Waals surface area contributed by atoms with E-state index in [1.54, 1.807) is 0 Å². The molecule has 2 rings (SSSR count). The molecule has 1 fully saturated rings. The first-order valence-corrected chi connectivity index (χ1v) is 7.69. The monoisotopic (exact) mass is 296 g/mol. The van der Waals surface area contributed by atoms with Crippen LogP contribution in [0.1, 0.15) is 12.0 Å². The molecule has 3 N–H and O–H groups in total. The molecule has 1 aliphatic heterocycles. The zero-order valence-corrected chi connectivity index (χ0v) is 12.2. The highest BCUT2D eigenvalue weighted by Crippen LogP contribution is 2.23. The van der Waals surface area contributed by atoms with Gasteiger partial charge in [-0.3, -0.25) is 4.99 Å². The molecule has 19 heavy (non-hydrogen) atoms. The largest absolute Gasteiger partial charge is 0.400 e. The van der Waals surface area contributed by atoms with Gasteiger partial charge in [-0.2, -0.15) is 11.8 Å². The molecule has 1 aromatic carbocycles. The molecule has 0 aliphatic carbocycles. The third-order valence-corrected chi connectivity index (χ3v) is 4.38. The molecule has 3 nitrogen and oxygen atoms in total. The molecule has 0 radical (unpaired) electrons. The molecule has 1 heterocycles. The van der Waals surface area contributed by atoms with Crippen LogP contribution in [0.5, 0.6) is 0 Å². The number of hydrogen-bond acceptors (Lipinski definition) is 4. The number of aliphatic hydroxyl groups is 1. The lowest BCUT2D eigenvalue weighted by atomic mass is 10.1. The van der Waals surface area contributed by atoms with Crippen LogP contribution in [-0.4, -0.2) is 28.9 Å². The Labute approximate surface area is 122 Å². The summed E-state index contributed by atoms with van der Waals surface area (Å²) in [6, 6.07) is 7.70. The lowest BCUT2D eigenvalue weighted by molar-refractivity contribution is 0.328. The molecule has 5 heteroatoms. The SMILES string of the molecule is N/C(CO)=C1/CCSCC1=NCc1ccccc1Cl. The topological polar surface area (TPSA) is 58.6 Å². The van der Waals surface area contributed by atoms with Crippen LogP contribution >= 0.6 is 23.4 Å². The van der Waals surface area contributed by atoms with E-state index in [1.165, 1.54) is 0 Å². The van der Waals surface area contributed by atoms with E-state index in [4.69, 9.17) is 22.4 Å². The number of nitrogens with zero attached hydrogens (tertiary/aromatic N) is 1. The zero-order valence-electron chi connectivity index (χ0n) is 10.6. The number of nitrogens with two attached hydrogens (primary N) is 1. The first-order valence-electron chi connectivity index (χ1n) is 6.15. The van der Waals surface area contributed by atoms with Gasteiger partial charge in [0.15, 0.2) is 0 Å². The summed E-state index contributed by atoms with van der Waals surface area (Å²) >= 11 is 7.96. The van der Waals surface area contributed by atoms with E-state index >= 15 is 0 Å². The Bertz CT molecular complexity index is 514. The van der Waals surface area contributed by atoms with E-state index in [-0.39, 0.29) is 6.61 Å². The molecular formula is C14H17ClN2OS. The van der Waals surface area contributed by atoms with Gasteiger partial charge in [-0.05, 0) is 29.4 Å². The van der Waals surface area contributed by atoms with Crippen molar-refractivity contribution in [3.63, 3.8) is 0 Å². The average Bonchev–Trinajstić information content (AvgIpc) is 2.46. The highest BCUT2D eigenvalue weighted by atomic mass is 35.5. The van der Waals surface area contributed by atoms with Crippen molar-refractivity contribution < 1.29 is 5.11 Å². The summed E-state index contributed by atoms with van der Waals surface area (Å²) in [5.41, 5.74) is 9.40. The Morgan fingerprint density at radius 3 is 2.95 bits per heavy atom. The Hall–Kier alpha value is -0.970. The smallest absolute Gasteiger partial charge is 0.0828 e. The normalized spacial score (nSPS) is 20.6. The fourth-order valence-corrected chi connectivity index (χ4v) is 3.11. The maximum atomic E-state index is 9.17. The molecule has 0 atom stereocenters. The minimum absolute atomic E-state index is 0.106. The van der Waals surface area contributed by atoms with Gasteiger partial charge in [0.05, 0.1) is 18.9 Å². The number of aliphatic hydroxyl groups excluding tert-OH is 1. The molecular weight excluding hydrogens is 280 g/mol. The van der Waals surface area contributed by atoms with Crippen LogP contribution in [0.25, 0.3) is 0 Å². The van der Waals surface area contributed by atoms with Gasteiger partial charge < -0.3 is 10.8 Å². The molecule has 0 unspecified atom stereocenters. The van der Waals surface area contributed by atoms with Gasteiger partial charge in [0.1, 0.15) is 0 Å². The number of rotatable bonds is 3. The molecule has 0 bridgehead atoms. The van der Waals surface area contributed by atoms with E-state index in [9.17, 15) is 0 Å². The summed E-state index contributed by atoms with van der Waals surface area (Å²) in [6.07, 6.45) is 0.873. The second-order valence-corrected chi connectivity index (χ2v) is 5.83. The standard InChI is InChI=1S/C14H17ClN2OS/c15-12-4-2-1-3-10(12)7-17-14-9-19-6-5-11(14)13(16)8-18/h1-4,18H,5-9,16H2/b13-11-,17-14?. The van der Waals surface area contributed by atoms with E-state index < -0.39 is 0 Å². The maximum Gasteiger partial charge on any atom is 0.0828 e. The van der Waals surface area contributed by atoms with Gasteiger partial charge in [0, 0.05) is 16.5 Å². The summed E-state index contributed by atoms with van der Waals surface area (Å²) in [5, 5.41) is 9.90. The minimum atomic E-state index is -0.106. The minimum Gasteiger partial charge on any atom is -0.400 e. The van der Waals surface area contributed by atoms with Crippen molar-refractivity contribution in [3.05, 3.63) is 46.1 Å². The lowest BCUT2D eigenvalue weighted by Crippen LogP contribution is -2.20. The van der Waals surface area contributed by atoms with E-state index in [0.29, 0.717) is 12.2 Å². The van der Waals surface area contributed by atoms with Gasteiger partial charge in [0.25, 0.3) is 0 Å².